The van der Waals surface area contributed by atoms with Crippen LogP contribution in [0.4, 0.5) is 0 Å². The molecule has 0 rings (SSSR count). The SMILES string of the molecule is C=CCC(C)NCCC(C)(C)C#N. The first-order chi connectivity index (χ1) is 6.02. The molecule has 0 saturated carbocycles. The van der Waals surface area contributed by atoms with E-state index in [4.69, 9.17) is 5.26 Å². The molecular weight excluding hydrogens is 160 g/mol. The van der Waals surface area contributed by atoms with Gasteiger partial charge >= 0.3 is 0 Å². The Hall–Kier alpha value is -0.810. The zero-order valence-electron chi connectivity index (χ0n) is 8.93. The highest BCUT2D eigenvalue weighted by Crippen LogP contribution is 2.17. The maximum absolute atomic E-state index is 8.77. The molecule has 2 nitrogen and oxygen atoms in total. The van der Waals surface area contributed by atoms with Gasteiger partial charge in [0.2, 0.25) is 0 Å². The lowest BCUT2D eigenvalue weighted by Crippen LogP contribution is -2.29. The molecule has 0 aromatic carbocycles. The van der Waals surface area contributed by atoms with E-state index in [-0.39, 0.29) is 5.41 Å². The zero-order valence-corrected chi connectivity index (χ0v) is 8.93. The highest BCUT2D eigenvalue weighted by molar-refractivity contribution is 4.92. The van der Waals surface area contributed by atoms with Gasteiger partial charge < -0.3 is 5.32 Å². The van der Waals surface area contributed by atoms with Crippen LogP contribution in [-0.2, 0) is 0 Å². The summed E-state index contributed by atoms with van der Waals surface area (Å²) >= 11 is 0. The van der Waals surface area contributed by atoms with Crippen molar-refractivity contribution in [2.75, 3.05) is 6.54 Å². The number of rotatable bonds is 6. The van der Waals surface area contributed by atoms with Crippen LogP contribution in [0.1, 0.15) is 33.6 Å². The molecule has 0 aromatic heterocycles. The molecule has 0 fully saturated rings. The Morgan fingerprint density at radius 2 is 2.23 bits per heavy atom. The smallest absolute Gasteiger partial charge is 0.0684 e. The predicted molar refractivity (Wildman–Crippen MR) is 56.3 cm³/mol. The third-order valence-corrected chi connectivity index (χ3v) is 2.07. The minimum atomic E-state index is -0.207. The third kappa shape index (κ3) is 6.36. The molecule has 0 aromatic rings. The van der Waals surface area contributed by atoms with E-state index in [1.807, 2.05) is 19.9 Å². The molecule has 0 saturated heterocycles. The Balaban J connectivity index is 3.57. The lowest BCUT2D eigenvalue weighted by molar-refractivity contribution is 0.414. The minimum absolute atomic E-state index is 0.207. The van der Waals surface area contributed by atoms with E-state index in [1.165, 1.54) is 0 Å². The van der Waals surface area contributed by atoms with Crippen molar-refractivity contribution in [3.8, 4) is 6.07 Å². The molecule has 1 unspecified atom stereocenters. The number of nitrogens with zero attached hydrogens (tertiary/aromatic N) is 1. The minimum Gasteiger partial charge on any atom is -0.314 e. The molecule has 2 heteroatoms. The second-order valence-electron chi connectivity index (χ2n) is 4.13. The molecule has 0 aliphatic rings. The largest absolute Gasteiger partial charge is 0.314 e. The fraction of sp³-hybridized carbons (Fsp3) is 0.727. The summed E-state index contributed by atoms with van der Waals surface area (Å²) in [4.78, 5) is 0. The number of nitriles is 1. The van der Waals surface area contributed by atoms with E-state index in [1.54, 1.807) is 0 Å². The molecule has 74 valence electrons. The van der Waals surface area contributed by atoms with Gasteiger partial charge in [-0.15, -0.1) is 6.58 Å². The summed E-state index contributed by atoms with van der Waals surface area (Å²) in [6, 6.07) is 2.75. The highest BCUT2D eigenvalue weighted by atomic mass is 14.9. The topological polar surface area (TPSA) is 35.8 Å². The number of nitrogens with one attached hydrogen (secondary N) is 1. The second kappa shape index (κ2) is 5.77. The normalized spacial score (nSPS) is 13.4. The average molecular weight is 180 g/mol. The van der Waals surface area contributed by atoms with E-state index in [0.717, 1.165) is 19.4 Å². The molecule has 0 radical (unpaired) electrons. The Kier molecular flexibility index (Phi) is 5.41. The fourth-order valence-electron chi connectivity index (χ4n) is 1.02. The summed E-state index contributed by atoms with van der Waals surface area (Å²) in [5.41, 5.74) is -0.207. The molecule has 0 aliphatic carbocycles. The molecule has 0 spiro atoms. The molecule has 0 aliphatic heterocycles. The van der Waals surface area contributed by atoms with Gasteiger partial charge in [0, 0.05) is 6.04 Å². The number of hydrogen-bond donors (Lipinski definition) is 1. The fourth-order valence-corrected chi connectivity index (χ4v) is 1.02. The van der Waals surface area contributed by atoms with E-state index >= 15 is 0 Å². The van der Waals surface area contributed by atoms with Gasteiger partial charge in [0.1, 0.15) is 0 Å². The standard InChI is InChI=1S/C11H20N2/c1-5-6-10(2)13-8-7-11(3,4)9-12/h5,10,13H,1,6-8H2,2-4H3. The zero-order chi connectivity index (χ0) is 10.3. The maximum Gasteiger partial charge on any atom is 0.0684 e. The van der Waals surface area contributed by atoms with Crippen LogP contribution in [0.5, 0.6) is 0 Å². The summed E-state index contributed by atoms with van der Waals surface area (Å²) < 4.78 is 0. The van der Waals surface area contributed by atoms with Crippen LogP contribution >= 0.6 is 0 Å². The quantitative estimate of drug-likeness (QED) is 0.637. The van der Waals surface area contributed by atoms with E-state index in [0.29, 0.717) is 6.04 Å². The molecule has 1 N–H and O–H groups in total. The van der Waals surface area contributed by atoms with Crippen molar-refractivity contribution in [1.29, 1.82) is 5.26 Å². The molecule has 1 atom stereocenters. The van der Waals surface area contributed by atoms with Crippen molar-refractivity contribution >= 4 is 0 Å². The van der Waals surface area contributed by atoms with E-state index in [9.17, 15) is 0 Å². The van der Waals surface area contributed by atoms with Crippen molar-refractivity contribution in [3.63, 3.8) is 0 Å². The van der Waals surface area contributed by atoms with Crippen LogP contribution in [0.15, 0.2) is 12.7 Å². The summed E-state index contributed by atoms with van der Waals surface area (Å²) in [5, 5.41) is 12.1. The van der Waals surface area contributed by atoms with Crippen molar-refractivity contribution in [2.45, 2.75) is 39.7 Å². The molecular formula is C11H20N2. The van der Waals surface area contributed by atoms with Gasteiger partial charge in [-0.25, -0.2) is 0 Å². The second-order valence-corrected chi connectivity index (χ2v) is 4.13. The molecule has 13 heavy (non-hydrogen) atoms. The van der Waals surface area contributed by atoms with Gasteiger partial charge in [0.25, 0.3) is 0 Å². The lowest BCUT2D eigenvalue weighted by Gasteiger charge is -2.17. The molecule has 0 bridgehead atoms. The van der Waals surface area contributed by atoms with Crippen LogP contribution in [-0.4, -0.2) is 12.6 Å². The summed E-state index contributed by atoms with van der Waals surface area (Å²) in [5.74, 6) is 0. The van der Waals surface area contributed by atoms with Gasteiger partial charge in [0.15, 0.2) is 0 Å². The van der Waals surface area contributed by atoms with Crippen molar-refractivity contribution < 1.29 is 0 Å². The van der Waals surface area contributed by atoms with Crippen molar-refractivity contribution in [2.24, 2.45) is 5.41 Å². The van der Waals surface area contributed by atoms with E-state index < -0.39 is 0 Å². The van der Waals surface area contributed by atoms with Gasteiger partial charge in [-0.1, -0.05) is 6.08 Å². The Bertz CT molecular complexity index is 189. The monoisotopic (exact) mass is 180 g/mol. The summed E-state index contributed by atoms with van der Waals surface area (Å²) in [6.07, 6.45) is 3.78. The van der Waals surface area contributed by atoms with Crippen LogP contribution in [0.3, 0.4) is 0 Å². The van der Waals surface area contributed by atoms with Gasteiger partial charge in [-0.05, 0) is 40.2 Å². The van der Waals surface area contributed by atoms with Crippen molar-refractivity contribution in [1.82, 2.24) is 5.32 Å². The summed E-state index contributed by atoms with van der Waals surface area (Å²) in [6.45, 7) is 10.6. The molecule has 0 heterocycles. The van der Waals surface area contributed by atoms with Crippen LogP contribution in [0, 0.1) is 16.7 Å². The maximum atomic E-state index is 8.77. The first kappa shape index (κ1) is 12.2. The van der Waals surface area contributed by atoms with Crippen molar-refractivity contribution in [3.05, 3.63) is 12.7 Å². The van der Waals surface area contributed by atoms with Crippen LogP contribution in [0.25, 0.3) is 0 Å². The average Bonchev–Trinajstić information content (AvgIpc) is 2.05. The first-order valence-electron chi connectivity index (χ1n) is 4.77. The highest BCUT2D eigenvalue weighted by Gasteiger charge is 2.15. The molecule has 0 amide bonds. The lowest BCUT2D eigenvalue weighted by atomic mass is 9.91. The van der Waals surface area contributed by atoms with Gasteiger partial charge in [0.05, 0.1) is 11.5 Å². The van der Waals surface area contributed by atoms with Gasteiger partial charge in [-0.2, -0.15) is 5.26 Å². The van der Waals surface area contributed by atoms with Crippen LogP contribution in [0.2, 0.25) is 0 Å². The predicted octanol–water partition coefficient (Wildman–Crippen LogP) is 2.48. The Morgan fingerprint density at radius 3 is 2.69 bits per heavy atom. The summed E-state index contributed by atoms with van der Waals surface area (Å²) in [7, 11) is 0. The number of hydrogen-bond acceptors (Lipinski definition) is 2. The third-order valence-electron chi connectivity index (χ3n) is 2.07. The Morgan fingerprint density at radius 1 is 1.62 bits per heavy atom. The van der Waals surface area contributed by atoms with E-state index in [2.05, 4.69) is 24.9 Å². The van der Waals surface area contributed by atoms with Crippen LogP contribution < -0.4 is 5.32 Å². The Labute approximate surface area is 81.6 Å². The van der Waals surface area contributed by atoms with Gasteiger partial charge in [-0.3, -0.25) is 0 Å². The first-order valence-corrected chi connectivity index (χ1v) is 4.77.